The highest BCUT2D eigenvalue weighted by molar-refractivity contribution is 5.37. The van der Waals surface area contributed by atoms with Crippen LogP contribution in [0.15, 0.2) is 91.0 Å². The summed E-state index contributed by atoms with van der Waals surface area (Å²) in [7, 11) is 0. The van der Waals surface area contributed by atoms with Crippen LogP contribution >= 0.6 is 0 Å². The molecule has 0 nitrogen and oxygen atoms in total. The van der Waals surface area contributed by atoms with E-state index in [1.54, 1.807) is 0 Å². The molecule has 0 radical (unpaired) electrons. The molecule has 0 aliphatic heterocycles. The van der Waals surface area contributed by atoms with E-state index in [0.717, 1.165) is 0 Å². The van der Waals surface area contributed by atoms with E-state index in [1.807, 2.05) is 0 Å². The van der Waals surface area contributed by atoms with E-state index in [0.29, 0.717) is 11.8 Å². The molecule has 0 amide bonds. The van der Waals surface area contributed by atoms with Crippen molar-refractivity contribution in [3.8, 4) is 0 Å². The molecule has 0 aliphatic rings. The van der Waals surface area contributed by atoms with E-state index in [4.69, 9.17) is 0 Å². The molecule has 3 aromatic carbocycles. The zero-order chi connectivity index (χ0) is 14.5. The lowest BCUT2D eigenvalue weighted by molar-refractivity contribution is 0.657. The second-order valence-corrected chi connectivity index (χ2v) is 5.50. The van der Waals surface area contributed by atoms with Gasteiger partial charge in [0, 0.05) is 5.92 Å². The predicted molar refractivity (Wildman–Crippen MR) is 89.6 cm³/mol. The van der Waals surface area contributed by atoms with Crippen LogP contribution in [0.3, 0.4) is 0 Å². The number of hydrogen-bond donors (Lipinski definition) is 0. The topological polar surface area (TPSA) is 0 Å². The molecule has 0 spiro atoms. The van der Waals surface area contributed by atoms with Crippen molar-refractivity contribution in [1.82, 2.24) is 0 Å². The van der Waals surface area contributed by atoms with Gasteiger partial charge in [-0.3, -0.25) is 0 Å². The summed E-state index contributed by atoms with van der Waals surface area (Å²) in [5.74, 6) is 0.825. The van der Waals surface area contributed by atoms with Crippen LogP contribution in [0.2, 0.25) is 0 Å². The van der Waals surface area contributed by atoms with Crippen molar-refractivity contribution < 1.29 is 0 Å². The largest absolute Gasteiger partial charge is 0.0622 e. The molecule has 0 saturated carbocycles. The first kappa shape index (κ1) is 13.6. The van der Waals surface area contributed by atoms with Gasteiger partial charge in [0.15, 0.2) is 0 Å². The summed E-state index contributed by atoms with van der Waals surface area (Å²) < 4.78 is 0. The monoisotopic (exact) mass is 272 g/mol. The van der Waals surface area contributed by atoms with Crippen LogP contribution in [0.25, 0.3) is 0 Å². The highest BCUT2D eigenvalue weighted by Gasteiger charge is 2.22. The average molecular weight is 272 g/mol. The first-order valence-electron chi connectivity index (χ1n) is 7.51. The summed E-state index contributed by atoms with van der Waals surface area (Å²) in [4.78, 5) is 0. The molecule has 0 N–H and O–H groups in total. The molecule has 0 heteroatoms. The molecule has 0 aliphatic carbocycles. The van der Waals surface area contributed by atoms with Gasteiger partial charge in [-0.25, -0.2) is 0 Å². The summed E-state index contributed by atoms with van der Waals surface area (Å²) in [6.07, 6.45) is 0. The number of rotatable bonds is 4. The molecule has 0 fully saturated rings. The molecule has 21 heavy (non-hydrogen) atoms. The Kier molecular flexibility index (Phi) is 4.16. The Hall–Kier alpha value is -2.34. The van der Waals surface area contributed by atoms with E-state index < -0.39 is 0 Å². The lowest BCUT2D eigenvalue weighted by Crippen LogP contribution is -2.10. The lowest BCUT2D eigenvalue weighted by atomic mass is 9.78. The maximum Gasteiger partial charge on any atom is 0.0155 e. The van der Waals surface area contributed by atoms with Gasteiger partial charge in [-0.05, 0) is 22.6 Å². The quantitative estimate of drug-likeness (QED) is 0.578. The Morgan fingerprint density at radius 2 is 0.810 bits per heavy atom. The molecule has 3 rings (SSSR count). The normalized spacial score (nSPS) is 12.3. The fraction of sp³-hybridized carbons (Fsp3) is 0.143. The second kappa shape index (κ2) is 6.41. The molecular formula is C21H20. The Labute approximate surface area is 127 Å². The fourth-order valence-electron chi connectivity index (χ4n) is 3.04. The van der Waals surface area contributed by atoms with E-state index in [2.05, 4.69) is 97.9 Å². The predicted octanol–water partition coefficient (Wildman–Crippen LogP) is 5.62. The van der Waals surface area contributed by atoms with Crippen LogP contribution in [-0.2, 0) is 0 Å². The van der Waals surface area contributed by atoms with Gasteiger partial charge < -0.3 is 0 Å². The third kappa shape index (κ3) is 3.05. The molecule has 0 bridgehead atoms. The Morgan fingerprint density at radius 3 is 1.19 bits per heavy atom. The first-order chi connectivity index (χ1) is 10.4. The summed E-state index contributed by atoms with van der Waals surface area (Å²) in [6.45, 7) is 2.32. The third-order valence-corrected chi connectivity index (χ3v) is 4.14. The minimum atomic E-state index is 0.384. The lowest BCUT2D eigenvalue weighted by Gasteiger charge is -2.25. The summed E-state index contributed by atoms with van der Waals surface area (Å²) in [5.41, 5.74) is 4.13. The maximum atomic E-state index is 2.32. The molecule has 104 valence electrons. The van der Waals surface area contributed by atoms with Crippen LogP contribution < -0.4 is 0 Å². The molecule has 3 aromatic rings. The summed E-state index contributed by atoms with van der Waals surface area (Å²) in [6, 6.07) is 32.4. The van der Waals surface area contributed by atoms with Crippen LogP contribution in [0.4, 0.5) is 0 Å². The van der Waals surface area contributed by atoms with Crippen molar-refractivity contribution in [3.05, 3.63) is 108 Å². The van der Waals surface area contributed by atoms with Gasteiger partial charge in [0.05, 0.1) is 0 Å². The van der Waals surface area contributed by atoms with Gasteiger partial charge in [-0.15, -0.1) is 0 Å². The van der Waals surface area contributed by atoms with Crippen molar-refractivity contribution in [3.63, 3.8) is 0 Å². The van der Waals surface area contributed by atoms with Crippen molar-refractivity contribution in [2.24, 2.45) is 0 Å². The van der Waals surface area contributed by atoms with E-state index in [1.165, 1.54) is 16.7 Å². The van der Waals surface area contributed by atoms with Gasteiger partial charge >= 0.3 is 0 Å². The Bertz CT molecular complexity index is 617. The minimum absolute atomic E-state index is 0.384. The van der Waals surface area contributed by atoms with Gasteiger partial charge in [-0.1, -0.05) is 97.9 Å². The van der Waals surface area contributed by atoms with Gasteiger partial charge in [0.25, 0.3) is 0 Å². The van der Waals surface area contributed by atoms with Crippen LogP contribution in [0.1, 0.15) is 35.4 Å². The highest BCUT2D eigenvalue weighted by atomic mass is 14.3. The molecule has 0 unspecified atom stereocenters. The molecule has 1 atom stereocenters. The number of benzene rings is 3. The zero-order valence-electron chi connectivity index (χ0n) is 12.3. The van der Waals surface area contributed by atoms with Crippen LogP contribution in [0, 0.1) is 0 Å². The standard InChI is InChI=1S/C21H20/c1-17(18-11-5-2-6-12-18)21(19-13-7-3-8-14-19)20-15-9-4-10-16-20/h2-17,21H,1H3/t17-/m0/s1. The molecule has 0 aromatic heterocycles. The van der Waals surface area contributed by atoms with E-state index in [9.17, 15) is 0 Å². The molecule has 0 saturated heterocycles. The van der Waals surface area contributed by atoms with E-state index in [-0.39, 0.29) is 0 Å². The first-order valence-corrected chi connectivity index (χ1v) is 7.51. The van der Waals surface area contributed by atoms with Gasteiger partial charge in [-0.2, -0.15) is 0 Å². The Morgan fingerprint density at radius 1 is 0.476 bits per heavy atom. The maximum absolute atomic E-state index is 2.32. The van der Waals surface area contributed by atoms with Gasteiger partial charge in [0.1, 0.15) is 0 Å². The fourth-order valence-corrected chi connectivity index (χ4v) is 3.04. The summed E-state index contributed by atoms with van der Waals surface area (Å²) >= 11 is 0. The molecular weight excluding hydrogens is 252 g/mol. The third-order valence-electron chi connectivity index (χ3n) is 4.14. The van der Waals surface area contributed by atoms with E-state index >= 15 is 0 Å². The van der Waals surface area contributed by atoms with Crippen molar-refractivity contribution in [1.29, 1.82) is 0 Å². The number of hydrogen-bond acceptors (Lipinski definition) is 0. The second-order valence-electron chi connectivity index (χ2n) is 5.50. The van der Waals surface area contributed by atoms with Crippen LogP contribution in [0.5, 0.6) is 0 Å². The molecule has 0 heterocycles. The van der Waals surface area contributed by atoms with Crippen molar-refractivity contribution in [2.45, 2.75) is 18.8 Å². The smallest absolute Gasteiger partial charge is 0.0155 e. The zero-order valence-corrected chi connectivity index (χ0v) is 12.3. The van der Waals surface area contributed by atoms with Crippen LogP contribution in [-0.4, -0.2) is 0 Å². The van der Waals surface area contributed by atoms with Crippen molar-refractivity contribution in [2.75, 3.05) is 0 Å². The van der Waals surface area contributed by atoms with Gasteiger partial charge in [0.2, 0.25) is 0 Å². The minimum Gasteiger partial charge on any atom is -0.0622 e. The highest BCUT2D eigenvalue weighted by Crippen LogP contribution is 2.37. The average Bonchev–Trinajstić information content (AvgIpc) is 2.58. The SMILES string of the molecule is C[C@@H](c1ccccc1)C(c1ccccc1)c1ccccc1. The Balaban J connectivity index is 2.05. The summed E-state index contributed by atoms with van der Waals surface area (Å²) in [5, 5.41) is 0. The van der Waals surface area contributed by atoms with Crippen molar-refractivity contribution >= 4 is 0 Å².